The second-order valence-electron chi connectivity index (χ2n) is 7.22. The first-order valence-electron chi connectivity index (χ1n) is 9.98. The van der Waals surface area contributed by atoms with Crippen LogP contribution < -0.4 is 14.8 Å². The van der Waals surface area contributed by atoms with Gasteiger partial charge in [0.1, 0.15) is 17.1 Å². The van der Waals surface area contributed by atoms with E-state index in [2.05, 4.69) is 21.2 Å². The quantitative estimate of drug-likeness (QED) is 0.297. The van der Waals surface area contributed by atoms with Crippen LogP contribution in [-0.4, -0.2) is 20.1 Å². The predicted molar refractivity (Wildman–Crippen MR) is 131 cm³/mol. The number of anilines is 1. The van der Waals surface area contributed by atoms with Gasteiger partial charge in [0.25, 0.3) is 0 Å². The fourth-order valence-corrected chi connectivity index (χ4v) is 3.84. The predicted octanol–water partition coefficient (Wildman–Crippen LogP) is 6.92. The van der Waals surface area contributed by atoms with Crippen molar-refractivity contribution in [1.29, 1.82) is 0 Å². The Morgan fingerprint density at radius 3 is 2.44 bits per heavy atom. The fourth-order valence-electron chi connectivity index (χ4n) is 3.58. The third-order valence-electron chi connectivity index (χ3n) is 5.19. The fraction of sp³-hybridized carbons (Fsp3) is 0.115. The van der Waals surface area contributed by atoms with E-state index in [1.807, 2.05) is 55.5 Å². The normalized spacial score (nSPS) is 11.4. The van der Waals surface area contributed by atoms with Gasteiger partial charge >= 0.3 is 0 Å². The summed E-state index contributed by atoms with van der Waals surface area (Å²) in [6.07, 6.45) is 3.29. The molecule has 0 atom stereocenters. The summed E-state index contributed by atoms with van der Waals surface area (Å²) in [6.45, 7) is 1.88. The molecule has 1 aromatic heterocycles. The second-order valence-corrected chi connectivity index (χ2v) is 8.14. The Kier molecular flexibility index (Phi) is 6.32. The lowest BCUT2D eigenvalue weighted by atomic mass is 9.99. The Hall–Kier alpha value is -3.51. The van der Waals surface area contributed by atoms with Crippen LogP contribution in [-0.2, 0) is 4.79 Å². The van der Waals surface area contributed by atoms with Crippen LogP contribution in [0, 0.1) is 0 Å². The van der Waals surface area contributed by atoms with Gasteiger partial charge in [-0.05, 0) is 48.4 Å². The van der Waals surface area contributed by atoms with E-state index in [-0.39, 0.29) is 5.91 Å². The molecule has 1 N–H and O–H groups in total. The molecular weight excluding hydrogens is 470 g/mol. The van der Waals surface area contributed by atoms with E-state index in [4.69, 9.17) is 13.9 Å². The molecule has 0 aliphatic heterocycles. The van der Waals surface area contributed by atoms with Crippen molar-refractivity contribution in [3.05, 3.63) is 83.0 Å². The number of hydrogen-bond acceptors (Lipinski definition) is 4. The number of ether oxygens (including phenoxy) is 2. The van der Waals surface area contributed by atoms with Crippen molar-refractivity contribution in [2.24, 2.45) is 0 Å². The van der Waals surface area contributed by atoms with Crippen LogP contribution in [0.4, 0.5) is 5.69 Å². The topological polar surface area (TPSA) is 60.7 Å². The summed E-state index contributed by atoms with van der Waals surface area (Å²) >= 11 is 3.47. The lowest BCUT2D eigenvalue weighted by molar-refractivity contribution is -0.111. The van der Waals surface area contributed by atoms with Gasteiger partial charge in [-0.1, -0.05) is 40.2 Å². The van der Waals surface area contributed by atoms with Gasteiger partial charge in [0, 0.05) is 33.1 Å². The Morgan fingerprint density at radius 2 is 1.72 bits per heavy atom. The molecule has 1 heterocycles. The average molecular weight is 492 g/mol. The molecule has 162 valence electrons. The highest BCUT2D eigenvalue weighted by Gasteiger charge is 2.15. The number of carbonyl (C=O) groups excluding carboxylic acids is 1. The van der Waals surface area contributed by atoms with Crippen LogP contribution in [0.15, 0.2) is 81.9 Å². The van der Waals surface area contributed by atoms with Crippen LogP contribution >= 0.6 is 15.9 Å². The zero-order valence-corrected chi connectivity index (χ0v) is 19.5. The highest BCUT2D eigenvalue weighted by Crippen LogP contribution is 2.37. The van der Waals surface area contributed by atoms with Gasteiger partial charge in [-0.25, -0.2) is 0 Å². The Bertz CT molecular complexity index is 1310. The molecule has 5 nitrogen and oxygen atoms in total. The smallest absolute Gasteiger partial charge is 0.248 e. The van der Waals surface area contributed by atoms with Crippen LogP contribution in [0.25, 0.3) is 27.7 Å². The van der Waals surface area contributed by atoms with Crippen molar-refractivity contribution in [2.45, 2.75) is 6.92 Å². The first kappa shape index (κ1) is 21.7. The molecule has 4 aromatic rings. The van der Waals surface area contributed by atoms with E-state index in [0.717, 1.165) is 37.7 Å². The number of methoxy groups -OCH3 is 2. The number of fused-ring (bicyclic) bond motifs is 1. The maximum absolute atomic E-state index is 12.7. The number of halogens is 1. The molecule has 32 heavy (non-hydrogen) atoms. The number of allylic oxidation sites excluding steroid dienone is 1. The molecule has 3 aromatic carbocycles. The monoisotopic (exact) mass is 491 g/mol. The average Bonchev–Trinajstić information content (AvgIpc) is 3.21. The number of furan rings is 1. The van der Waals surface area contributed by atoms with Crippen molar-refractivity contribution in [3.8, 4) is 22.6 Å². The molecule has 0 saturated heterocycles. The molecule has 6 heteroatoms. The van der Waals surface area contributed by atoms with E-state index in [9.17, 15) is 4.79 Å². The lowest BCUT2D eigenvalue weighted by Gasteiger charge is -2.11. The highest BCUT2D eigenvalue weighted by atomic mass is 79.9. The molecule has 0 saturated carbocycles. The minimum atomic E-state index is -0.255. The highest BCUT2D eigenvalue weighted by molar-refractivity contribution is 9.10. The van der Waals surface area contributed by atoms with Crippen LogP contribution in [0.3, 0.4) is 0 Å². The molecule has 1 amide bonds. The van der Waals surface area contributed by atoms with Gasteiger partial charge in [-0.15, -0.1) is 0 Å². The van der Waals surface area contributed by atoms with Crippen LogP contribution in [0.2, 0.25) is 0 Å². The number of nitrogens with one attached hydrogen (secondary N) is 1. The summed E-state index contributed by atoms with van der Waals surface area (Å²) in [4.78, 5) is 12.7. The minimum absolute atomic E-state index is 0.255. The molecule has 4 rings (SSSR count). The Labute approximate surface area is 194 Å². The van der Waals surface area contributed by atoms with E-state index in [0.29, 0.717) is 17.2 Å². The first-order valence-corrected chi connectivity index (χ1v) is 10.8. The molecule has 0 aliphatic carbocycles. The molecule has 0 unspecified atom stereocenters. The van der Waals surface area contributed by atoms with Crippen molar-refractivity contribution in [3.63, 3.8) is 0 Å². The maximum atomic E-state index is 12.7. The SMILES string of the molecule is COc1ccccc1NC(=O)/C=C(\C)c1cc2c(-c3ccc(Br)cc3)coc2cc1OC. The first-order chi connectivity index (χ1) is 15.5. The van der Waals surface area contributed by atoms with Gasteiger partial charge in [-0.3, -0.25) is 4.79 Å². The number of benzene rings is 3. The number of para-hydroxylation sites is 2. The van der Waals surface area contributed by atoms with Crippen LogP contribution in [0.1, 0.15) is 12.5 Å². The minimum Gasteiger partial charge on any atom is -0.496 e. The van der Waals surface area contributed by atoms with E-state index >= 15 is 0 Å². The summed E-state index contributed by atoms with van der Waals surface area (Å²) in [5.41, 5.74) is 4.92. The largest absolute Gasteiger partial charge is 0.496 e. The molecule has 0 spiro atoms. The maximum Gasteiger partial charge on any atom is 0.248 e. The van der Waals surface area contributed by atoms with Crippen LogP contribution in [0.5, 0.6) is 11.5 Å². The summed E-state index contributed by atoms with van der Waals surface area (Å²) in [7, 11) is 3.17. The second kappa shape index (κ2) is 9.32. The van der Waals surface area contributed by atoms with Gasteiger partial charge in [0.05, 0.1) is 26.2 Å². The number of rotatable bonds is 6. The third kappa shape index (κ3) is 4.41. The third-order valence-corrected chi connectivity index (χ3v) is 5.72. The van der Waals surface area contributed by atoms with E-state index in [1.165, 1.54) is 0 Å². The van der Waals surface area contributed by atoms with E-state index < -0.39 is 0 Å². The standard InChI is InChI=1S/C26H22BrNO4/c1-16(12-26(29)28-22-6-4-5-7-23(22)30-2)19-13-20-21(17-8-10-18(27)11-9-17)15-32-25(20)14-24(19)31-3/h4-15H,1-3H3,(H,28,29)/b16-12+. The zero-order valence-electron chi connectivity index (χ0n) is 17.9. The Balaban J connectivity index is 1.71. The van der Waals surface area contributed by atoms with Gasteiger partial charge < -0.3 is 19.2 Å². The summed E-state index contributed by atoms with van der Waals surface area (Å²) in [5, 5.41) is 3.82. The Morgan fingerprint density at radius 1 is 1.00 bits per heavy atom. The van der Waals surface area contributed by atoms with Gasteiger partial charge in [-0.2, -0.15) is 0 Å². The van der Waals surface area contributed by atoms with Crippen molar-refractivity contribution in [2.75, 3.05) is 19.5 Å². The lowest BCUT2D eigenvalue weighted by Crippen LogP contribution is -2.09. The molecule has 0 aliphatic rings. The van der Waals surface area contributed by atoms with Crippen molar-refractivity contribution < 1.29 is 18.7 Å². The molecule has 0 bridgehead atoms. The zero-order chi connectivity index (χ0) is 22.7. The van der Waals surface area contributed by atoms with Crippen molar-refractivity contribution >= 4 is 44.1 Å². The van der Waals surface area contributed by atoms with Gasteiger partial charge in [0.2, 0.25) is 5.91 Å². The summed E-state index contributed by atoms with van der Waals surface area (Å²) in [5.74, 6) is 0.978. The molecule has 0 fully saturated rings. The van der Waals surface area contributed by atoms with Gasteiger partial charge in [0.15, 0.2) is 0 Å². The molecular formula is C26H22BrNO4. The van der Waals surface area contributed by atoms with Crippen molar-refractivity contribution in [1.82, 2.24) is 0 Å². The molecule has 0 radical (unpaired) electrons. The number of hydrogen-bond donors (Lipinski definition) is 1. The van der Waals surface area contributed by atoms with E-state index in [1.54, 1.807) is 38.7 Å². The summed E-state index contributed by atoms with van der Waals surface area (Å²) < 4.78 is 17.7. The summed E-state index contributed by atoms with van der Waals surface area (Å²) in [6, 6.07) is 19.2. The number of carbonyl (C=O) groups is 1. The number of amides is 1.